The molecule has 2 aliphatic carbocycles. The summed E-state index contributed by atoms with van der Waals surface area (Å²) in [5, 5.41) is 4.01. The second-order valence-corrected chi connectivity index (χ2v) is 6.79. The number of rotatable bonds is 2. The van der Waals surface area contributed by atoms with Gasteiger partial charge in [-0.2, -0.15) is 9.97 Å². The summed E-state index contributed by atoms with van der Waals surface area (Å²) in [7, 11) is 3.24. The van der Waals surface area contributed by atoms with Crippen molar-refractivity contribution >= 4 is 0 Å². The van der Waals surface area contributed by atoms with E-state index in [0.717, 1.165) is 36.3 Å². The third-order valence-corrected chi connectivity index (χ3v) is 5.64. The number of nitrogens with zero attached hydrogens (tertiary/aromatic N) is 3. The first-order chi connectivity index (χ1) is 11.1. The van der Waals surface area contributed by atoms with Crippen molar-refractivity contribution in [2.75, 3.05) is 14.2 Å². The van der Waals surface area contributed by atoms with Crippen molar-refractivity contribution in [3.63, 3.8) is 0 Å². The first kappa shape index (κ1) is 14.5. The second kappa shape index (κ2) is 4.94. The van der Waals surface area contributed by atoms with Gasteiger partial charge in [-0.15, -0.1) is 0 Å². The summed E-state index contributed by atoms with van der Waals surface area (Å²) in [5.41, 5.74) is 3.26. The maximum atomic E-state index is 5.51. The van der Waals surface area contributed by atoms with E-state index in [9.17, 15) is 0 Å². The molecule has 23 heavy (non-hydrogen) atoms. The van der Waals surface area contributed by atoms with E-state index in [1.165, 1.54) is 5.56 Å². The van der Waals surface area contributed by atoms with E-state index in [1.54, 1.807) is 14.2 Å². The van der Waals surface area contributed by atoms with Crippen LogP contribution in [0.2, 0.25) is 0 Å². The van der Waals surface area contributed by atoms with Crippen LogP contribution in [-0.2, 0) is 18.3 Å². The summed E-state index contributed by atoms with van der Waals surface area (Å²) in [6, 6.07) is 0.367. The molecule has 0 saturated heterocycles. The lowest BCUT2D eigenvalue weighted by Crippen LogP contribution is -2.45. The molecule has 2 aliphatic rings. The normalized spacial score (nSPS) is 28.5. The molecule has 0 aliphatic heterocycles. The lowest BCUT2D eigenvalue weighted by atomic mass is 9.56. The Balaban J connectivity index is 1.91. The molecule has 6 nitrogen and oxygen atoms in total. The highest BCUT2D eigenvalue weighted by Crippen LogP contribution is 2.54. The van der Waals surface area contributed by atoms with Gasteiger partial charge >= 0.3 is 6.01 Å². The lowest BCUT2D eigenvalue weighted by Gasteiger charge is -2.47. The average Bonchev–Trinajstić information content (AvgIpc) is 3.02. The lowest BCUT2D eigenvalue weighted by molar-refractivity contribution is 0.167. The van der Waals surface area contributed by atoms with Crippen LogP contribution in [0.4, 0.5) is 0 Å². The molecule has 0 N–H and O–H groups in total. The minimum absolute atomic E-state index is 0.0882. The first-order valence-electron chi connectivity index (χ1n) is 8.01. The van der Waals surface area contributed by atoms with Crippen molar-refractivity contribution in [1.82, 2.24) is 15.1 Å². The SMILES string of the molecule is COc1nc(OC)c2c(n1)[C@@]1(C)Cc3cnoc3[C@@H](C)[C@@H]1CC2. The van der Waals surface area contributed by atoms with E-state index >= 15 is 0 Å². The highest BCUT2D eigenvalue weighted by molar-refractivity contribution is 5.44. The molecule has 0 saturated carbocycles. The number of fused-ring (bicyclic) bond motifs is 4. The summed E-state index contributed by atoms with van der Waals surface area (Å²) in [6.45, 7) is 4.51. The molecule has 2 aromatic heterocycles. The Morgan fingerprint density at radius 3 is 2.83 bits per heavy atom. The molecule has 0 amide bonds. The van der Waals surface area contributed by atoms with Crippen LogP contribution in [0.15, 0.2) is 10.7 Å². The van der Waals surface area contributed by atoms with Crippen LogP contribution in [0.5, 0.6) is 11.9 Å². The van der Waals surface area contributed by atoms with Crippen LogP contribution in [0.3, 0.4) is 0 Å². The van der Waals surface area contributed by atoms with Gasteiger partial charge in [0.25, 0.3) is 0 Å². The molecule has 2 aromatic rings. The van der Waals surface area contributed by atoms with Gasteiger partial charge in [0, 0.05) is 22.5 Å². The molecule has 0 radical (unpaired) electrons. The van der Waals surface area contributed by atoms with Crippen molar-refractivity contribution in [2.45, 2.75) is 44.4 Å². The molecule has 0 aromatic carbocycles. The van der Waals surface area contributed by atoms with Crippen LogP contribution in [0, 0.1) is 5.92 Å². The fourth-order valence-electron chi connectivity index (χ4n) is 4.57. The monoisotopic (exact) mass is 315 g/mol. The first-order valence-corrected chi connectivity index (χ1v) is 8.01. The Hall–Kier alpha value is -2.11. The van der Waals surface area contributed by atoms with Gasteiger partial charge in [-0.3, -0.25) is 0 Å². The summed E-state index contributed by atoms with van der Waals surface area (Å²) in [6.07, 6.45) is 4.70. The smallest absolute Gasteiger partial charge is 0.319 e. The minimum atomic E-state index is -0.0882. The summed E-state index contributed by atoms with van der Waals surface area (Å²) in [4.78, 5) is 9.08. The Labute approximate surface area is 135 Å². The number of hydrogen-bond donors (Lipinski definition) is 0. The topological polar surface area (TPSA) is 70.3 Å². The highest BCUT2D eigenvalue weighted by Gasteiger charge is 2.50. The number of methoxy groups -OCH3 is 2. The molecule has 3 atom stereocenters. The van der Waals surface area contributed by atoms with Gasteiger partial charge in [-0.05, 0) is 25.2 Å². The van der Waals surface area contributed by atoms with Crippen molar-refractivity contribution in [3.05, 3.63) is 28.8 Å². The fourth-order valence-corrected chi connectivity index (χ4v) is 4.57. The number of aromatic nitrogens is 3. The van der Waals surface area contributed by atoms with Gasteiger partial charge in [0.15, 0.2) is 0 Å². The Bertz CT molecular complexity index is 758. The molecule has 0 fully saturated rings. The Kier molecular flexibility index (Phi) is 3.11. The molecule has 4 rings (SSSR count). The zero-order chi connectivity index (χ0) is 16.2. The van der Waals surface area contributed by atoms with Crippen molar-refractivity contribution in [2.24, 2.45) is 5.92 Å². The summed E-state index contributed by atoms with van der Waals surface area (Å²) < 4.78 is 16.3. The van der Waals surface area contributed by atoms with Gasteiger partial charge in [0.2, 0.25) is 5.88 Å². The van der Waals surface area contributed by atoms with E-state index in [2.05, 4.69) is 24.0 Å². The Morgan fingerprint density at radius 1 is 1.26 bits per heavy atom. The molecular weight excluding hydrogens is 294 g/mol. The van der Waals surface area contributed by atoms with Crippen molar-refractivity contribution in [1.29, 1.82) is 0 Å². The maximum absolute atomic E-state index is 5.51. The molecule has 122 valence electrons. The van der Waals surface area contributed by atoms with Gasteiger partial charge < -0.3 is 14.0 Å². The van der Waals surface area contributed by atoms with Crippen LogP contribution < -0.4 is 9.47 Å². The van der Waals surface area contributed by atoms with E-state index < -0.39 is 0 Å². The quantitative estimate of drug-likeness (QED) is 0.848. The van der Waals surface area contributed by atoms with Gasteiger partial charge in [0.05, 0.1) is 26.1 Å². The molecule has 2 heterocycles. The second-order valence-electron chi connectivity index (χ2n) is 6.79. The molecule has 6 heteroatoms. The van der Waals surface area contributed by atoms with E-state index in [4.69, 9.17) is 19.0 Å². The van der Waals surface area contributed by atoms with E-state index in [1.807, 2.05) is 6.20 Å². The zero-order valence-electron chi connectivity index (χ0n) is 13.9. The van der Waals surface area contributed by atoms with Crippen LogP contribution in [-0.4, -0.2) is 29.3 Å². The molecule has 0 unspecified atom stereocenters. The predicted octanol–water partition coefficient (Wildman–Crippen LogP) is 2.66. The van der Waals surface area contributed by atoms with Crippen LogP contribution >= 0.6 is 0 Å². The van der Waals surface area contributed by atoms with Crippen LogP contribution in [0.25, 0.3) is 0 Å². The van der Waals surface area contributed by atoms with Gasteiger partial charge in [-0.1, -0.05) is 19.0 Å². The van der Waals surface area contributed by atoms with Crippen molar-refractivity contribution < 1.29 is 14.0 Å². The fraction of sp³-hybridized carbons (Fsp3) is 0.588. The molecular formula is C17H21N3O3. The van der Waals surface area contributed by atoms with E-state index in [0.29, 0.717) is 23.7 Å². The summed E-state index contributed by atoms with van der Waals surface area (Å²) >= 11 is 0. The van der Waals surface area contributed by atoms with Crippen LogP contribution in [0.1, 0.15) is 48.8 Å². The highest BCUT2D eigenvalue weighted by atomic mass is 16.5. The van der Waals surface area contributed by atoms with Crippen molar-refractivity contribution in [3.8, 4) is 11.9 Å². The van der Waals surface area contributed by atoms with Gasteiger partial charge in [-0.25, -0.2) is 0 Å². The molecule has 0 spiro atoms. The average molecular weight is 315 g/mol. The third-order valence-electron chi connectivity index (χ3n) is 5.64. The number of hydrogen-bond acceptors (Lipinski definition) is 6. The maximum Gasteiger partial charge on any atom is 0.319 e. The minimum Gasteiger partial charge on any atom is -0.481 e. The third kappa shape index (κ3) is 1.90. The predicted molar refractivity (Wildman–Crippen MR) is 82.9 cm³/mol. The van der Waals surface area contributed by atoms with E-state index in [-0.39, 0.29) is 5.41 Å². The largest absolute Gasteiger partial charge is 0.481 e. The molecule has 0 bridgehead atoms. The van der Waals surface area contributed by atoms with Gasteiger partial charge in [0.1, 0.15) is 5.76 Å². The standard InChI is InChI=1S/C17H21N3O3/c1-9-12-6-5-11-14(19-16(22-4)20-15(11)21-3)17(12,2)7-10-8-18-23-13(9)10/h8-9,12H,5-7H2,1-4H3/t9-,12-,17-/m0/s1. The zero-order valence-corrected chi connectivity index (χ0v) is 13.9. The summed E-state index contributed by atoms with van der Waals surface area (Å²) in [5.74, 6) is 2.45. The number of ether oxygens (including phenoxy) is 2. The Morgan fingerprint density at radius 2 is 2.09 bits per heavy atom.